The van der Waals surface area contributed by atoms with Gasteiger partial charge in [-0.3, -0.25) is 4.79 Å². The van der Waals surface area contributed by atoms with Gasteiger partial charge in [0.1, 0.15) is 0 Å². The number of rotatable bonds is 5. The van der Waals surface area contributed by atoms with Crippen LogP contribution in [0.1, 0.15) is 49.7 Å². The highest BCUT2D eigenvalue weighted by atomic mass is 16.1. The minimum Gasteiger partial charge on any atom is -0.354 e. The van der Waals surface area contributed by atoms with E-state index in [2.05, 4.69) is 30.4 Å². The van der Waals surface area contributed by atoms with Crippen molar-refractivity contribution in [1.82, 2.24) is 5.32 Å². The molecule has 3 heteroatoms. The standard InChI is InChI=1S/C16H24N2O/c1-2-6-13(17)11-18-16(19)15-10-5-8-12-7-3-4-9-14(12)15/h3-4,7,9,13,15H,2,5-6,8,10-11,17H2,1H3,(H,18,19). The second-order valence-corrected chi connectivity index (χ2v) is 5.44. The van der Waals surface area contributed by atoms with Crippen molar-refractivity contribution in [3.63, 3.8) is 0 Å². The second kappa shape index (κ2) is 6.71. The Morgan fingerprint density at radius 2 is 2.26 bits per heavy atom. The predicted octanol–water partition coefficient (Wildman–Crippen LogP) is 2.35. The van der Waals surface area contributed by atoms with Crippen LogP contribution in [-0.2, 0) is 11.2 Å². The van der Waals surface area contributed by atoms with E-state index in [0.717, 1.165) is 32.1 Å². The molecule has 1 aliphatic rings. The Bertz CT molecular complexity index is 431. The van der Waals surface area contributed by atoms with Gasteiger partial charge in [-0.05, 0) is 36.8 Å². The zero-order valence-corrected chi connectivity index (χ0v) is 11.7. The minimum absolute atomic E-state index is 0.0128. The molecule has 0 fully saturated rings. The van der Waals surface area contributed by atoms with E-state index in [1.54, 1.807) is 0 Å². The molecule has 0 heterocycles. The zero-order valence-electron chi connectivity index (χ0n) is 11.7. The lowest BCUT2D eigenvalue weighted by molar-refractivity contribution is -0.122. The van der Waals surface area contributed by atoms with Crippen molar-refractivity contribution in [2.24, 2.45) is 5.73 Å². The lowest BCUT2D eigenvalue weighted by atomic mass is 9.82. The third-order valence-electron chi connectivity index (χ3n) is 3.88. The molecule has 0 bridgehead atoms. The van der Waals surface area contributed by atoms with E-state index in [1.165, 1.54) is 11.1 Å². The number of benzene rings is 1. The summed E-state index contributed by atoms with van der Waals surface area (Å²) in [7, 11) is 0. The molecular formula is C16H24N2O. The Balaban J connectivity index is 1.97. The molecule has 1 aromatic carbocycles. The maximum absolute atomic E-state index is 12.3. The summed E-state index contributed by atoms with van der Waals surface area (Å²) in [5.41, 5.74) is 8.47. The molecule has 0 radical (unpaired) electrons. The van der Waals surface area contributed by atoms with E-state index >= 15 is 0 Å². The molecule has 0 spiro atoms. The molecule has 3 nitrogen and oxygen atoms in total. The van der Waals surface area contributed by atoms with E-state index in [4.69, 9.17) is 5.73 Å². The van der Waals surface area contributed by atoms with Crippen molar-refractivity contribution in [3.05, 3.63) is 35.4 Å². The first kappa shape index (κ1) is 14.1. The van der Waals surface area contributed by atoms with Gasteiger partial charge in [0.25, 0.3) is 0 Å². The number of nitrogens with one attached hydrogen (secondary N) is 1. The summed E-state index contributed by atoms with van der Waals surface area (Å²) in [5.74, 6) is 0.150. The number of hydrogen-bond acceptors (Lipinski definition) is 2. The normalized spacial score (nSPS) is 19.6. The molecular weight excluding hydrogens is 236 g/mol. The Morgan fingerprint density at radius 3 is 3.05 bits per heavy atom. The fourth-order valence-electron chi connectivity index (χ4n) is 2.85. The number of fused-ring (bicyclic) bond motifs is 1. The van der Waals surface area contributed by atoms with E-state index in [1.807, 2.05) is 6.07 Å². The number of amides is 1. The Kier molecular flexibility index (Phi) is 4.97. The monoisotopic (exact) mass is 260 g/mol. The number of hydrogen-bond donors (Lipinski definition) is 2. The summed E-state index contributed by atoms with van der Waals surface area (Å²) in [4.78, 5) is 12.3. The van der Waals surface area contributed by atoms with Gasteiger partial charge in [-0.2, -0.15) is 0 Å². The number of nitrogens with two attached hydrogens (primary N) is 1. The highest BCUT2D eigenvalue weighted by Crippen LogP contribution is 2.31. The maximum Gasteiger partial charge on any atom is 0.227 e. The van der Waals surface area contributed by atoms with Crippen LogP contribution in [0.25, 0.3) is 0 Å². The van der Waals surface area contributed by atoms with E-state index in [0.29, 0.717) is 6.54 Å². The predicted molar refractivity (Wildman–Crippen MR) is 78.0 cm³/mol. The number of aryl methyl sites for hydroxylation is 1. The molecule has 3 N–H and O–H groups in total. The van der Waals surface area contributed by atoms with Crippen LogP contribution in [0.3, 0.4) is 0 Å². The Morgan fingerprint density at radius 1 is 1.47 bits per heavy atom. The van der Waals surface area contributed by atoms with Gasteiger partial charge in [0.15, 0.2) is 0 Å². The van der Waals surface area contributed by atoms with Crippen molar-refractivity contribution in [1.29, 1.82) is 0 Å². The molecule has 2 atom stereocenters. The molecule has 19 heavy (non-hydrogen) atoms. The minimum atomic E-state index is 0.0128. The molecule has 1 aromatic rings. The Labute approximate surface area is 115 Å². The summed E-state index contributed by atoms with van der Waals surface area (Å²) in [6.07, 6.45) is 5.15. The Hall–Kier alpha value is -1.35. The molecule has 104 valence electrons. The molecule has 1 aliphatic carbocycles. The second-order valence-electron chi connectivity index (χ2n) is 5.44. The van der Waals surface area contributed by atoms with Gasteiger partial charge in [0, 0.05) is 12.6 Å². The quantitative estimate of drug-likeness (QED) is 0.854. The summed E-state index contributed by atoms with van der Waals surface area (Å²) in [5, 5.41) is 3.01. The van der Waals surface area contributed by atoms with Gasteiger partial charge in [-0.25, -0.2) is 0 Å². The largest absolute Gasteiger partial charge is 0.354 e. The summed E-state index contributed by atoms with van der Waals surface area (Å²) < 4.78 is 0. The van der Waals surface area contributed by atoms with Gasteiger partial charge in [-0.1, -0.05) is 37.6 Å². The smallest absolute Gasteiger partial charge is 0.227 e. The van der Waals surface area contributed by atoms with Gasteiger partial charge >= 0.3 is 0 Å². The first-order valence-corrected chi connectivity index (χ1v) is 7.33. The van der Waals surface area contributed by atoms with Crippen LogP contribution in [0.15, 0.2) is 24.3 Å². The third kappa shape index (κ3) is 3.57. The first-order valence-electron chi connectivity index (χ1n) is 7.33. The van der Waals surface area contributed by atoms with Crippen molar-refractivity contribution >= 4 is 5.91 Å². The topological polar surface area (TPSA) is 55.1 Å². The van der Waals surface area contributed by atoms with E-state index in [9.17, 15) is 4.79 Å². The van der Waals surface area contributed by atoms with Gasteiger partial charge in [-0.15, -0.1) is 0 Å². The maximum atomic E-state index is 12.3. The molecule has 2 rings (SSSR count). The fraction of sp³-hybridized carbons (Fsp3) is 0.562. The van der Waals surface area contributed by atoms with Crippen molar-refractivity contribution in [2.45, 2.75) is 51.0 Å². The van der Waals surface area contributed by atoms with Crippen LogP contribution in [0.4, 0.5) is 0 Å². The van der Waals surface area contributed by atoms with Crippen LogP contribution in [0.2, 0.25) is 0 Å². The molecule has 0 saturated heterocycles. The summed E-state index contributed by atoms with van der Waals surface area (Å²) >= 11 is 0. The molecule has 0 aliphatic heterocycles. The molecule has 0 aromatic heterocycles. The first-order chi connectivity index (χ1) is 9.22. The zero-order chi connectivity index (χ0) is 13.7. The fourth-order valence-corrected chi connectivity index (χ4v) is 2.85. The van der Waals surface area contributed by atoms with Crippen LogP contribution in [0.5, 0.6) is 0 Å². The SMILES string of the molecule is CCCC(N)CNC(=O)C1CCCc2ccccc21. The number of carbonyl (C=O) groups excluding carboxylic acids is 1. The van der Waals surface area contributed by atoms with Gasteiger partial charge < -0.3 is 11.1 Å². The third-order valence-corrected chi connectivity index (χ3v) is 3.88. The average Bonchev–Trinajstić information content (AvgIpc) is 2.44. The average molecular weight is 260 g/mol. The van der Waals surface area contributed by atoms with Gasteiger partial charge in [0.05, 0.1) is 5.92 Å². The molecule has 2 unspecified atom stereocenters. The highest BCUT2D eigenvalue weighted by molar-refractivity contribution is 5.84. The summed E-state index contributed by atoms with van der Waals surface area (Å²) in [6, 6.07) is 8.37. The van der Waals surface area contributed by atoms with Crippen molar-refractivity contribution in [2.75, 3.05) is 6.54 Å². The van der Waals surface area contributed by atoms with E-state index in [-0.39, 0.29) is 17.9 Å². The molecule has 0 saturated carbocycles. The van der Waals surface area contributed by atoms with Crippen molar-refractivity contribution < 1.29 is 4.79 Å². The lowest BCUT2D eigenvalue weighted by Crippen LogP contribution is -2.40. The van der Waals surface area contributed by atoms with Gasteiger partial charge in [0.2, 0.25) is 5.91 Å². The van der Waals surface area contributed by atoms with Crippen molar-refractivity contribution in [3.8, 4) is 0 Å². The summed E-state index contributed by atoms with van der Waals surface area (Å²) in [6.45, 7) is 2.70. The molecule has 1 amide bonds. The lowest BCUT2D eigenvalue weighted by Gasteiger charge is -2.25. The van der Waals surface area contributed by atoms with Crippen LogP contribution >= 0.6 is 0 Å². The van der Waals surface area contributed by atoms with E-state index < -0.39 is 0 Å². The van der Waals surface area contributed by atoms with Crippen LogP contribution < -0.4 is 11.1 Å². The highest BCUT2D eigenvalue weighted by Gasteiger charge is 2.25. The van der Waals surface area contributed by atoms with Crippen LogP contribution in [0, 0.1) is 0 Å². The van der Waals surface area contributed by atoms with Crippen LogP contribution in [-0.4, -0.2) is 18.5 Å². The number of carbonyl (C=O) groups is 1.